The Morgan fingerprint density at radius 1 is 1.17 bits per heavy atom. The van der Waals surface area contributed by atoms with E-state index in [9.17, 15) is 0 Å². The van der Waals surface area contributed by atoms with Crippen molar-refractivity contribution < 1.29 is 9.31 Å². The number of nitrogens with one attached hydrogen (secondary N) is 1. The molecule has 1 atom stereocenters. The highest BCUT2D eigenvalue weighted by atomic mass is 16.7. The molecular formula is C14H26BNO2. The third-order valence-electron chi connectivity index (χ3n) is 4.38. The fourth-order valence-electron chi connectivity index (χ4n) is 2.55. The molecule has 1 fully saturated rings. The minimum atomic E-state index is -0.260. The molecule has 3 nitrogen and oxygen atoms in total. The molecule has 2 aliphatic rings. The average Bonchev–Trinajstić information content (AvgIpc) is 2.68. The van der Waals surface area contributed by atoms with Gasteiger partial charge in [-0.2, -0.15) is 0 Å². The fourth-order valence-corrected chi connectivity index (χ4v) is 2.55. The monoisotopic (exact) mass is 251 g/mol. The summed E-state index contributed by atoms with van der Waals surface area (Å²) < 4.78 is 12.3. The van der Waals surface area contributed by atoms with Crippen molar-refractivity contribution in [1.82, 2.24) is 5.32 Å². The van der Waals surface area contributed by atoms with Crippen LogP contribution >= 0.6 is 0 Å². The van der Waals surface area contributed by atoms with Gasteiger partial charge in [0.25, 0.3) is 0 Å². The molecule has 0 aromatic heterocycles. The molecule has 0 radical (unpaired) electrons. The van der Waals surface area contributed by atoms with Gasteiger partial charge in [0.2, 0.25) is 0 Å². The van der Waals surface area contributed by atoms with Crippen molar-refractivity contribution in [2.75, 3.05) is 6.54 Å². The van der Waals surface area contributed by atoms with Gasteiger partial charge in [0.15, 0.2) is 0 Å². The summed E-state index contributed by atoms with van der Waals surface area (Å²) in [5.41, 5.74) is 0.903. The van der Waals surface area contributed by atoms with Gasteiger partial charge in [-0.25, -0.2) is 0 Å². The van der Waals surface area contributed by atoms with Gasteiger partial charge in [-0.15, -0.1) is 0 Å². The van der Waals surface area contributed by atoms with Crippen LogP contribution in [0, 0.1) is 5.41 Å². The van der Waals surface area contributed by atoms with Crippen LogP contribution in [-0.2, 0) is 9.31 Å². The van der Waals surface area contributed by atoms with Crippen LogP contribution in [0.5, 0.6) is 0 Å². The van der Waals surface area contributed by atoms with Crippen molar-refractivity contribution in [1.29, 1.82) is 0 Å². The zero-order valence-electron chi connectivity index (χ0n) is 12.8. The molecule has 4 heteroatoms. The predicted octanol–water partition coefficient (Wildman–Crippen LogP) is 2.56. The molecule has 0 aromatic rings. The zero-order chi connectivity index (χ0) is 13.8. The summed E-state index contributed by atoms with van der Waals surface area (Å²) >= 11 is 0. The smallest absolute Gasteiger partial charge is 0.400 e. The van der Waals surface area contributed by atoms with Crippen molar-refractivity contribution in [2.24, 2.45) is 5.41 Å². The zero-order valence-corrected chi connectivity index (χ0v) is 12.8. The Balaban J connectivity index is 2.20. The van der Waals surface area contributed by atoms with E-state index >= 15 is 0 Å². The first kappa shape index (κ1) is 14.1. The summed E-state index contributed by atoms with van der Waals surface area (Å²) in [6.45, 7) is 16.0. The van der Waals surface area contributed by atoms with Gasteiger partial charge in [-0.05, 0) is 38.6 Å². The highest BCUT2D eigenvalue weighted by Crippen LogP contribution is 2.41. The summed E-state index contributed by atoms with van der Waals surface area (Å²) in [5.74, 6) is 0. The van der Waals surface area contributed by atoms with E-state index in [0.717, 1.165) is 6.54 Å². The van der Waals surface area contributed by atoms with Gasteiger partial charge >= 0.3 is 7.12 Å². The highest BCUT2D eigenvalue weighted by molar-refractivity contribution is 6.55. The Bertz CT molecular complexity index is 352. The van der Waals surface area contributed by atoms with Gasteiger partial charge in [-0.3, -0.25) is 0 Å². The third kappa shape index (κ3) is 2.26. The van der Waals surface area contributed by atoms with E-state index < -0.39 is 0 Å². The van der Waals surface area contributed by atoms with E-state index in [1.54, 1.807) is 0 Å². The Hall–Kier alpha value is -0.315. The number of rotatable bonds is 1. The lowest BCUT2D eigenvalue weighted by atomic mass is 9.68. The van der Waals surface area contributed by atoms with Gasteiger partial charge in [0, 0.05) is 12.6 Å². The van der Waals surface area contributed by atoms with Gasteiger partial charge in [0.05, 0.1) is 11.2 Å². The molecule has 2 heterocycles. The number of hydrogen-bond acceptors (Lipinski definition) is 3. The lowest BCUT2D eigenvalue weighted by Gasteiger charge is -2.32. The van der Waals surface area contributed by atoms with Crippen molar-refractivity contribution >= 4 is 7.12 Å². The third-order valence-corrected chi connectivity index (χ3v) is 4.38. The number of hydrogen-bond donors (Lipinski definition) is 1. The Morgan fingerprint density at radius 2 is 1.67 bits per heavy atom. The molecule has 1 N–H and O–H groups in total. The van der Waals surface area contributed by atoms with Crippen LogP contribution in [0.3, 0.4) is 0 Å². The SMILES string of the molecule is CC(C)(C)C1NCC=C1B1OC(C)(C)C(C)(C)O1. The first-order valence-electron chi connectivity index (χ1n) is 6.83. The van der Waals surface area contributed by atoms with Crippen LogP contribution in [-0.4, -0.2) is 30.9 Å². The van der Waals surface area contributed by atoms with E-state index in [4.69, 9.17) is 9.31 Å². The van der Waals surface area contributed by atoms with Crippen molar-refractivity contribution in [2.45, 2.75) is 65.7 Å². The Kier molecular flexibility index (Phi) is 3.20. The summed E-state index contributed by atoms with van der Waals surface area (Å²) in [4.78, 5) is 0. The molecule has 0 bridgehead atoms. The van der Waals surface area contributed by atoms with Crippen molar-refractivity contribution in [3.05, 3.63) is 11.5 Å². The maximum atomic E-state index is 6.14. The first-order chi connectivity index (χ1) is 8.05. The molecule has 18 heavy (non-hydrogen) atoms. The molecule has 102 valence electrons. The second kappa shape index (κ2) is 4.09. The fraction of sp³-hybridized carbons (Fsp3) is 0.857. The van der Waals surface area contributed by atoms with E-state index in [-0.39, 0.29) is 23.7 Å². The summed E-state index contributed by atoms with van der Waals surface area (Å²) in [5, 5.41) is 3.53. The lowest BCUT2D eigenvalue weighted by Crippen LogP contribution is -2.42. The first-order valence-corrected chi connectivity index (χ1v) is 6.83. The molecule has 1 saturated heterocycles. The van der Waals surface area contributed by atoms with Crippen LogP contribution in [0.4, 0.5) is 0 Å². The quantitative estimate of drug-likeness (QED) is 0.726. The Labute approximate surface area is 111 Å². The van der Waals surface area contributed by atoms with E-state index in [1.165, 1.54) is 5.47 Å². The van der Waals surface area contributed by atoms with Gasteiger partial charge < -0.3 is 14.6 Å². The molecule has 0 amide bonds. The van der Waals surface area contributed by atoms with E-state index in [0.29, 0.717) is 6.04 Å². The van der Waals surface area contributed by atoms with Crippen LogP contribution < -0.4 is 5.32 Å². The normalized spacial score (nSPS) is 30.7. The highest BCUT2D eigenvalue weighted by Gasteiger charge is 2.54. The maximum Gasteiger partial charge on any atom is 0.491 e. The van der Waals surface area contributed by atoms with Crippen LogP contribution in [0.15, 0.2) is 11.5 Å². The summed E-state index contributed by atoms with van der Waals surface area (Å²) in [7, 11) is -0.214. The predicted molar refractivity (Wildman–Crippen MR) is 75.4 cm³/mol. The minimum absolute atomic E-state index is 0.173. The molecule has 2 aliphatic heterocycles. The summed E-state index contributed by atoms with van der Waals surface area (Å²) in [6, 6.07) is 0.326. The molecular weight excluding hydrogens is 225 g/mol. The van der Waals surface area contributed by atoms with Crippen molar-refractivity contribution in [3.63, 3.8) is 0 Å². The molecule has 0 spiro atoms. The van der Waals surface area contributed by atoms with Crippen LogP contribution in [0.1, 0.15) is 48.5 Å². The van der Waals surface area contributed by atoms with Gasteiger partial charge in [0.1, 0.15) is 0 Å². The largest absolute Gasteiger partial charge is 0.491 e. The van der Waals surface area contributed by atoms with E-state index in [2.05, 4.69) is 59.9 Å². The summed E-state index contributed by atoms with van der Waals surface area (Å²) in [6.07, 6.45) is 2.22. The topological polar surface area (TPSA) is 30.5 Å². The minimum Gasteiger partial charge on any atom is -0.400 e. The Morgan fingerprint density at radius 3 is 2.11 bits per heavy atom. The van der Waals surface area contributed by atoms with Gasteiger partial charge in [-0.1, -0.05) is 26.8 Å². The van der Waals surface area contributed by atoms with Crippen LogP contribution in [0.25, 0.3) is 0 Å². The maximum absolute atomic E-state index is 6.14. The lowest BCUT2D eigenvalue weighted by molar-refractivity contribution is 0.00578. The average molecular weight is 251 g/mol. The molecule has 0 aliphatic carbocycles. The van der Waals surface area contributed by atoms with Crippen LogP contribution in [0.2, 0.25) is 0 Å². The second-order valence-electron chi connectivity index (χ2n) is 7.50. The molecule has 0 saturated carbocycles. The standard InChI is InChI=1S/C14H26BNO2/c1-12(2,3)11-10(8-9-16-11)15-17-13(4,5)14(6,7)18-15/h8,11,16H,9H2,1-7H3. The second-order valence-corrected chi connectivity index (χ2v) is 7.50. The molecule has 0 aromatic carbocycles. The molecule has 2 rings (SSSR count). The van der Waals surface area contributed by atoms with Crippen molar-refractivity contribution in [3.8, 4) is 0 Å². The molecule has 1 unspecified atom stereocenters. The van der Waals surface area contributed by atoms with E-state index in [1.807, 2.05) is 0 Å².